The van der Waals surface area contributed by atoms with E-state index < -0.39 is 5.41 Å². The van der Waals surface area contributed by atoms with Gasteiger partial charge in [0.05, 0.1) is 12.5 Å². The summed E-state index contributed by atoms with van der Waals surface area (Å²) in [5.41, 5.74) is 0.377. The molecule has 3 nitrogen and oxygen atoms in total. The highest BCUT2D eigenvalue weighted by molar-refractivity contribution is 5.99. The van der Waals surface area contributed by atoms with Crippen molar-refractivity contribution in [3.05, 3.63) is 35.9 Å². The van der Waals surface area contributed by atoms with Crippen LogP contribution in [0.1, 0.15) is 24.8 Å². The highest BCUT2D eigenvalue weighted by atomic mass is 16.5. The summed E-state index contributed by atoms with van der Waals surface area (Å²) < 4.78 is 4.83. The second-order valence-electron chi connectivity index (χ2n) is 5.67. The maximum absolute atomic E-state index is 12.2. The number of Topliss-reactive ketones (excluding diaryl/α,β-unsaturated/α-hetero) is 1. The fraction of sp³-hybridized carbons (Fsp3) is 0.467. The van der Waals surface area contributed by atoms with Crippen molar-refractivity contribution in [2.75, 3.05) is 7.11 Å². The zero-order valence-corrected chi connectivity index (χ0v) is 10.4. The molecule has 18 heavy (non-hydrogen) atoms. The molecular formula is C15H16O3. The Hall–Kier alpha value is -1.64. The van der Waals surface area contributed by atoms with Gasteiger partial charge in [-0.25, -0.2) is 0 Å². The van der Waals surface area contributed by atoms with Crippen LogP contribution in [-0.2, 0) is 20.7 Å². The molecule has 0 heterocycles. The summed E-state index contributed by atoms with van der Waals surface area (Å²) >= 11 is 0. The number of carbonyl (C=O) groups excluding carboxylic acids is 2. The largest absolute Gasteiger partial charge is 0.469 e. The molecule has 0 saturated heterocycles. The number of rotatable bonds is 3. The highest BCUT2D eigenvalue weighted by Gasteiger charge is 2.69. The molecule has 3 aliphatic rings. The Morgan fingerprint density at radius 2 is 1.94 bits per heavy atom. The first kappa shape index (κ1) is 11.5. The lowest BCUT2D eigenvalue weighted by molar-refractivity contribution is -0.160. The molecule has 3 aliphatic carbocycles. The topological polar surface area (TPSA) is 43.4 Å². The zero-order chi connectivity index (χ0) is 12.8. The van der Waals surface area contributed by atoms with E-state index in [1.807, 2.05) is 30.3 Å². The van der Waals surface area contributed by atoms with Gasteiger partial charge in [0.25, 0.3) is 0 Å². The smallest absolute Gasteiger partial charge is 0.312 e. The summed E-state index contributed by atoms with van der Waals surface area (Å²) in [5, 5.41) is 0. The number of ether oxygens (including phenoxy) is 1. The predicted octanol–water partition coefficient (Wildman–Crippen LogP) is 2.14. The second kappa shape index (κ2) is 3.67. The third-order valence-corrected chi connectivity index (χ3v) is 4.45. The van der Waals surface area contributed by atoms with Crippen LogP contribution in [0.25, 0.3) is 0 Å². The number of esters is 1. The zero-order valence-electron chi connectivity index (χ0n) is 10.4. The van der Waals surface area contributed by atoms with E-state index in [-0.39, 0.29) is 17.2 Å². The lowest BCUT2D eigenvalue weighted by Gasteiger charge is -2.43. The molecule has 0 amide bonds. The van der Waals surface area contributed by atoms with Gasteiger partial charge in [-0.05, 0) is 24.8 Å². The van der Waals surface area contributed by atoms with Gasteiger partial charge in [0.1, 0.15) is 5.78 Å². The molecular weight excluding hydrogens is 228 g/mol. The van der Waals surface area contributed by atoms with Gasteiger partial charge in [0.2, 0.25) is 0 Å². The minimum absolute atomic E-state index is 0.211. The van der Waals surface area contributed by atoms with Crippen LogP contribution in [0.3, 0.4) is 0 Å². The minimum Gasteiger partial charge on any atom is -0.469 e. The first-order chi connectivity index (χ1) is 8.60. The summed E-state index contributed by atoms with van der Waals surface area (Å²) in [6.45, 7) is 0. The van der Waals surface area contributed by atoms with Crippen LogP contribution in [0, 0.1) is 10.8 Å². The molecule has 0 unspecified atom stereocenters. The van der Waals surface area contributed by atoms with E-state index in [9.17, 15) is 9.59 Å². The second-order valence-corrected chi connectivity index (χ2v) is 5.67. The van der Waals surface area contributed by atoms with Gasteiger partial charge in [-0.2, -0.15) is 0 Å². The van der Waals surface area contributed by atoms with Gasteiger partial charge in [0.15, 0.2) is 0 Å². The number of carbonyl (C=O) groups is 2. The van der Waals surface area contributed by atoms with E-state index >= 15 is 0 Å². The Balaban J connectivity index is 1.80. The standard InChI is InChI=1S/C15H16O3/c1-18-13(17)15-8-12(16)14(9-15,10-15)7-11-5-3-2-4-6-11/h2-6H,7-10H2,1H3. The molecule has 2 bridgehead atoms. The van der Waals surface area contributed by atoms with E-state index in [1.165, 1.54) is 12.7 Å². The highest BCUT2D eigenvalue weighted by Crippen LogP contribution is 2.66. The van der Waals surface area contributed by atoms with Crippen molar-refractivity contribution in [2.24, 2.45) is 10.8 Å². The predicted molar refractivity (Wildman–Crippen MR) is 65.9 cm³/mol. The van der Waals surface area contributed by atoms with Crippen molar-refractivity contribution in [1.82, 2.24) is 0 Å². The van der Waals surface area contributed by atoms with Gasteiger partial charge in [0, 0.05) is 11.8 Å². The van der Waals surface area contributed by atoms with E-state index in [0.29, 0.717) is 19.3 Å². The summed E-state index contributed by atoms with van der Waals surface area (Å²) in [6.07, 6.45) is 2.46. The Kier molecular flexibility index (Phi) is 2.34. The summed E-state index contributed by atoms with van der Waals surface area (Å²) in [5.74, 6) is 0.0220. The lowest BCUT2D eigenvalue weighted by Crippen LogP contribution is -2.46. The van der Waals surface area contributed by atoms with E-state index in [4.69, 9.17) is 4.74 Å². The normalized spacial score (nSPS) is 33.1. The van der Waals surface area contributed by atoms with Crippen LogP contribution in [0.5, 0.6) is 0 Å². The van der Waals surface area contributed by atoms with Crippen molar-refractivity contribution in [3.63, 3.8) is 0 Å². The number of hydrogen-bond donors (Lipinski definition) is 0. The lowest BCUT2D eigenvalue weighted by atomic mass is 9.58. The summed E-state index contributed by atoms with van der Waals surface area (Å²) in [6, 6.07) is 10.0. The van der Waals surface area contributed by atoms with Crippen molar-refractivity contribution in [3.8, 4) is 0 Å². The fourth-order valence-electron chi connectivity index (χ4n) is 3.70. The van der Waals surface area contributed by atoms with Gasteiger partial charge < -0.3 is 4.74 Å². The first-order valence-corrected chi connectivity index (χ1v) is 6.26. The molecule has 0 atom stereocenters. The van der Waals surface area contributed by atoms with Crippen LogP contribution in [0.4, 0.5) is 0 Å². The monoisotopic (exact) mass is 244 g/mol. The number of ketones is 1. The van der Waals surface area contributed by atoms with Crippen molar-refractivity contribution in [1.29, 1.82) is 0 Å². The van der Waals surface area contributed by atoms with Crippen LogP contribution in [-0.4, -0.2) is 18.9 Å². The van der Waals surface area contributed by atoms with Crippen LogP contribution in [0.15, 0.2) is 30.3 Å². The van der Waals surface area contributed by atoms with Crippen molar-refractivity contribution >= 4 is 11.8 Å². The molecule has 4 rings (SSSR count). The van der Waals surface area contributed by atoms with E-state index in [2.05, 4.69) is 0 Å². The number of hydrogen-bond acceptors (Lipinski definition) is 3. The maximum atomic E-state index is 12.2. The van der Waals surface area contributed by atoms with Gasteiger partial charge >= 0.3 is 5.97 Å². The number of benzene rings is 1. The average Bonchev–Trinajstić information content (AvgIpc) is 2.77. The van der Waals surface area contributed by atoms with Crippen molar-refractivity contribution in [2.45, 2.75) is 25.7 Å². The Morgan fingerprint density at radius 3 is 2.56 bits per heavy atom. The average molecular weight is 244 g/mol. The molecule has 0 spiro atoms. The molecule has 0 aromatic heterocycles. The van der Waals surface area contributed by atoms with E-state index in [0.717, 1.165) is 6.42 Å². The van der Waals surface area contributed by atoms with Crippen LogP contribution >= 0.6 is 0 Å². The molecule has 0 radical (unpaired) electrons. The van der Waals surface area contributed by atoms with Gasteiger partial charge in [-0.3, -0.25) is 9.59 Å². The fourth-order valence-corrected chi connectivity index (χ4v) is 3.70. The van der Waals surface area contributed by atoms with E-state index in [1.54, 1.807) is 0 Å². The Labute approximate surface area is 106 Å². The number of methoxy groups -OCH3 is 1. The molecule has 0 N–H and O–H groups in total. The van der Waals surface area contributed by atoms with Crippen LogP contribution in [0.2, 0.25) is 0 Å². The third-order valence-electron chi connectivity index (χ3n) is 4.45. The molecule has 94 valence electrons. The quantitative estimate of drug-likeness (QED) is 0.765. The number of fused-ring (bicyclic) bond motifs is 1. The summed E-state index contributed by atoms with van der Waals surface area (Å²) in [4.78, 5) is 23.9. The van der Waals surface area contributed by atoms with Gasteiger partial charge in [-0.1, -0.05) is 30.3 Å². The van der Waals surface area contributed by atoms with Gasteiger partial charge in [-0.15, -0.1) is 0 Å². The molecule has 3 saturated carbocycles. The SMILES string of the molecule is COC(=O)C12CC(=O)C(Cc3ccccc3)(C1)C2. The third kappa shape index (κ3) is 1.43. The minimum atomic E-state index is -0.499. The molecule has 0 aliphatic heterocycles. The Bertz CT molecular complexity index is 498. The molecule has 3 fully saturated rings. The Morgan fingerprint density at radius 1 is 1.28 bits per heavy atom. The van der Waals surface area contributed by atoms with Crippen LogP contribution < -0.4 is 0 Å². The van der Waals surface area contributed by atoms with Crippen molar-refractivity contribution < 1.29 is 14.3 Å². The molecule has 1 aromatic carbocycles. The maximum Gasteiger partial charge on any atom is 0.312 e. The summed E-state index contributed by atoms with van der Waals surface area (Å²) in [7, 11) is 1.40. The molecule has 3 heteroatoms. The first-order valence-electron chi connectivity index (χ1n) is 6.26. The molecule has 1 aromatic rings.